The Balaban J connectivity index is 1.72. The first-order valence-corrected chi connectivity index (χ1v) is 7.40. The second kappa shape index (κ2) is 6.74. The average molecular weight is 284 g/mol. The smallest absolute Gasteiger partial charge is 0.159 e. The number of rotatable bonds is 4. The molecule has 0 spiro atoms. The summed E-state index contributed by atoms with van der Waals surface area (Å²) < 4.78 is 0. The van der Waals surface area contributed by atoms with Gasteiger partial charge in [0.05, 0.1) is 5.69 Å². The Kier molecular flexibility index (Phi) is 4.52. The van der Waals surface area contributed by atoms with Gasteiger partial charge in [0, 0.05) is 43.9 Å². The Morgan fingerprint density at radius 3 is 2.86 bits per heavy atom. The van der Waals surface area contributed by atoms with E-state index in [-0.39, 0.29) is 6.61 Å². The fourth-order valence-electron chi connectivity index (χ4n) is 2.80. The highest BCUT2D eigenvalue weighted by Crippen LogP contribution is 2.18. The molecule has 3 heterocycles. The van der Waals surface area contributed by atoms with Crippen molar-refractivity contribution in [3.63, 3.8) is 0 Å². The third-order valence-corrected chi connectivity index (χ3v) is 3.90. The van der Waals surface area contributed by atoms with Crippen LogP contribution in [0.1, 0.15) is 18.5 Å². The molecule has 1 aliphatic heterocycles. The fourth-order valence-corrected chi connectivity index (χ4v) is 2.80. The molecule has 0 amide bonds. The van der Waals surface area contributed by atoms with Crippen LogP contribution in [-0.2, 0) is 6.54 Å². The fraction of sp³-hybridized carbons (Fsp3) is 0.438. The monoisotopic (exact) mass is 284 g/mol. The van der Waals surface area contributed by atoms with Crippen LogP contribution in [-0.4, -0.2) is 44.7 Å². The van der Waals surface area contributed by atoms with Crippen molar-refractivity contribution in [3.8, 4) is 11.4 Å². The van der Waals surface area contributed by atoms with Gasteiger partial charge in [-0.1, -0.05) is 0 Å². The summed E-state index contributed by atoms with van der Waals surface area (Å²) >= 11 is 0. The van der Waals surface area contributed by atoms with E-state index in [1.54, 1.807) is 12.4 Å². The molecule has 1 saturated heterocycles. The van der Waals surface area contributed by atoms with E-state index in [2.05, 4.69) is 19.9 Å². The molecule has 0 unspecified atom stereocenters. The van der Waals surface area contributed by atoms with Crippen LogP contribution in [0.25, 0.3) is 11.4 Å². The number of nitrogens with zero attached hydrogens (tertiary/aromatic N) is 4. The number of likely N-dealkylation sites (tertiary alicyclic amines) is 1. The third kappa shape index (κ3) is 3.62. The van der Waals surface area contributed by atoms with Crippen molar-refractivity contribution in [1.82, 2.24) is 19.9 Å². The molecule has 1 N–H and O–H groups in total. The molecular weight excluding hydrogens is 264 g/mol. The van der Waals surface area contributed by atoms with E-state index in [0.717, 1.165) is 49.6 Å². The molecule has 0 saturated carbocycles. The minimum Gasteiger partial charge on any atom is -0.396 e. The van der Waals surface area contributed by atoms with E-state index in [0.29, 0.717) is 5.92 Å². The maximum Gasteiger partial charge on any atom is 0.159 e. The number of aliphatic hydroxyl groups is 1. The van der Waals surface area contributed by atoms with Gasteiger partial charge >= 0.3 is 0 Å². The van der Waals surface area contributed by atoms with E-state index in [4.69, 9.17) is 0 Å². The lowest BCUT2D eigenvalue weighted by molar-refractivity contribution is 0.115. The lowest BCUT2D eigenvalue weighted by Crippen LogP contribution is -2.36. The first-order valence-electron chi connectivity index (χ1n) is 7.40. The van der Waals surface area contributed by atoms with Crippen molar-refractivity contribution in [1.29, 1.82) is 0 Å². The first-order chi connectivity index (χ1) is 10.3. The van der Waals surface area contributed by atoms with Gasteiger partial charge in [-0.05, 0) is 43.5 Å². The van der Waals surface area contributed by atoms with Crippen molar-refractivity contribution in [2.24, 2.45) is 5.92 Å². The highest BCUT2D eigenvalue weighted by molar-refractivity contribution is 5.53. The number of hydrogen-bond donors (Lipinski definition) is 1. The van der Waals surface area contributed by atoms with Gasteiger partial charge in [0.1, 0.15) is 0 Å². The second-order valence-electron chi connectivity index (χ2n) is 5.53. The summed E-state index contributed by atoms with van der Waals surface area (Å²) in [6.07, 6.45) is 7.59. The van der Waals surface area contributed by atoms with E-state index in [9.17, 15) is 5.11 Å². The predicted octanol–water partition coefficient (Wildman–Crippen LogP) is 1.74. The molecule has 1 fully saturated rings. The number of piperidine rings is 1. The van der Waals surface area contributed by atoms with Crippen LogP contribution in [0.4, 0.5) is 0 Å². The molecule has 0 aliphatic carbocycles. The van der Waals surface area contributed by atoms with Gasteiger partial charge in [-0.2, -0.15) is 0 Å². The molecule has 5 nitrogen and oxygen atoms in total. The summed E-state index contributed by atoms with van der Waals surface area (Å²) in [6, 6.07) is 5.80. The molecule has 0 bridgehead atoms. The molecule has 110 valence electrons. The minimum atomic E-state index is 0.280. The molecule has 0 radical (unpaired) electrons. The van der Waals surface area contributed by atoms with E-state index >= 15 is 0 Å². The van der Waals surface area contributed by atoms with Crippen molar-refractivity contribution in [3.05, 3.63) is 42.5 Å². The molecule has 0 aromatic carbocycles. The highest BCUT2D eigenvalue weighted by atomic mass is 16.3. The summed E-state index contributed by atoms with van der Waals surface area (Å²) in [7, 11) is 0. The standard InChI is InChI=1S/C16H20N4O/c21-12-13-2-1-9-20(10-13)11-15-5-8-18-16(19-15)14-3-6-17-7-4-14/h3-8,13,21H,1-2,9-12H2/t13-/m1/s1. The number of hydrogen-bond acceptors (Lipinski definition) is 5. The van der Waals surface area contributed by atoms with Gasteiger partial charge < -0.3 is 5.11 Å². The molecule has 1 aliphatic rings. The van der Waals surface area contributed by atoms with Crippen LogP contribution in [0.15, 0.2) is 36.8 Å². The molecule has 5 heteroatoms. The van der Waals surface area contributed by atoms with Crippen molar-refractivity contribution in [2.45, 2.75) is 19.4 Å². The van der Waals surface area contributed by atoms with Crippen molar-refractivity contribution >= 4 is 0 Å². The quantitative estimate of drug-likeness (QED) is 0.926. The predicted molar refractivity (Wildman–Crippen MR) is 80.3 cm³/mol. The zero-order chi connectivity index (χ0) is 14.5. The van der Waals surface area contributed by atoms with Gasteiger partial charge in [-0.25, -0.2) is 9.97 Å². The number of aliphatic hydroxyl groups excluding tert-OH is 1. The van der Waals surface area contributed by atoms with Crippen molar-refractivity contribution in [2.75, 3.05) is 19.7 Å². The van der Waals surface area contributed by atoms with Crippen LogP contribution in [0.2, 0.25) is 0 Å². The SMILES string of the molecule is OC[C@@H]1CCCN(Cc2ccnc(-c3ccncc3)n2)C1. The van der Waals surface area contributed by atoms with Gasteiger partial charge in [-0.15, -0.1) is 0 Å². The van der Waals surface area contributed by atoms with Crippen LogP contribution in [0.5, 0.6) is 0 Å². The summed E-state index contributed by atoms with van der Waals surface area (Å²) in [5.41, 5.74) is 2.01. The Bertz CT molecular complexity index is 575. The summed E-state index contributed by atoms with van der Waals surface area (Å²) in [5, 5.41) is 9.31. The Labute approximate surface area is 124 Å². The summed E-state index contributed by atoms with van der Waals surface area (Å²) in [5.74, 6) is 1.14. The lowest BCUT2D eigenvalue weighted by Gasteiger charge is -2.31. The third-order valence-electron chi connectivity index (χ3n) is 3.90. The Morgan fingerprint density at radius 1 is 1.19 bits per heavy atom. The highest BCUT2D eigenvalue weighted by Gasteiger charge is 2.19. The second-order valence-corrected chi connectivity index (χ2v) is 5.53. The molecular formula is C16H20N4O. The summed E-state index contributed by atoms with van der Waals surface area (Å²) in [4.78, 5) is 15.4. The zero-order valence-corrected chi connectivity index (χ0v) is 12.0. The number of pyridine rings is 1. The molecule has 1 atom stereocenters. The largest absolute Gasteiger partial charge is 0.396 e. The first kappa shape index (κ1) is 14.1. The van der Waals surface area contributed by atoms with Gasteiger partial charge in [0.25, 0.3) is 0 Å². The topological polar surface area (TPSA) is 62.1 Å². The van der Waals surface area contributed by atoms with Gasteiger partial charge in [-0.3, -0.25) is 9.88 Å². The summed E-state index contributed by atoms with van der Waals surface area (Å²) in [6.45, 7) is 3.12. The number of aromatic nitrogens is 3. The maximum atomic E-state index is 9.31. The van der Waals surface area contributed by atoms with Gasteiger partial charge in [0.15, 0.2) is 5.82 Å². The molecule has 3 rings (SSSR count). The average Bonchev–Trinajstić information content (AvgIpc) is 2.56. The Hall–Kier alpha value is -1.85. The molecule has 2 aromatic rings. The zero-order valence-electron chi connectivity index (χ0n) is 12.0. The van der Waals surface area contributed by atoms with E-state index in [1.165, 1.54) is 0 Å². The van der Waals surface area contributed by atoms with E-state index in [1.807, 2.05) is 24.4 Å². The Morgan fingerprint density at radius 2 is 2.05 bits per heavy atom. The maximum absolute atomic E-state index is 9.31. The van der Waals surface area contributed by atoms with E-state index < -0.39 is 0 Å². The van der Waals surface area contributed by atoms with Gasteiger partial charge in [0.2, 0.25) is 0 Å². The molecule has 21 heavy (non-hydrogen) atoms. The molecule has 2 aromatic heterocycles. The van der Waals surface area contributed by atoms with Crippen LogP contribution < -0.4 is 0 Å². The van der Waals surface area contributed by atoms with Crippen molar-refractivity contribution < 1.29 is 5.11 Å². The van der Waals surface area contributed by atoms with Crippen LogP contribution in [0.3, 0.4) is 0 Å². The van der Waals surface area contributed by atoms with Crippen LogP contribution >= 0.6 is 0 Å². The van der Waals surface area contributed by atoms with Crippen LogP contribution in [0, 0.1) is 5.92 Å². The minimum absolute atomic E-state index is 0.280. The lowest BCUT2D eigenvalue weighted by atomic mass is 9.99. The normalized spacial score (nSPS) is 19.6.